The molecule has 3 nitrogen and oxygen atoms in total. The summed E-state index contributed by atoms with van der Waals surface area (Å²) in [7, 11) is 0. The Morgan fingerprint density at radius 3 is 2.79 bits per heavy atom. The van der Waals surface area contributed by atoms with Gasteiger partial charge in [-0.1, -0.05) is 24.8 Å². The second-order valence-electron chi connectivity index (χ2n) is 8.43. The third kappa shape index (κ3) is 3.16. The normalized spacial score (nSPS) is 18.3. The van der Waals surface area contributed by atoms with Crippen molar-refractivity contribution in [1.82, 2.24) is 9.88 Å². The highest BCUT2D eigenvalue weighted by Crippen LogP contribution is 2.48. The van der Waals surface area contributed by atoms with Crippen molar-refractivity contribution in [2.45, 2.75) is 38.2 Å². The minimum atomic E-state index is -0.347. The molecule has 3 heterocycles. The monoisotopic (exact) mass is 390 g/mol. The third-order valence-corrected chi connectivity index (χ3v) is 6.71. The predicted octanol–water partition coefficient (Wildman–Crippen LogP) is 5.49. The van der Waals surface area contributed by atoms with Crippen LogP contribution in [0, 0.1) is 12.7 Å². The van der Waals surface area contributed by atoms with Gasteiger partial charge in [-0.3, -0.25) is 0 Å². The zero-order valence-corrected chi connectivity index (χ0v) is 16.9. The lowest BCUT2D eigenvalue weighted by Crippen LogP contribution is -2.46. The molecule has 1 aromatic heterocycles. The van der Waals surface area contributed by atoms with E-state index < -0.39 is 0 Å². The lowest BCUT2D eigenvalue weighted by atomic mass is 9.83. The van der Waals surface area contributed by atoms with Gasteiger partial charge in [0.2, 0.25) is 0 Å². The number of halogens is 1. The van der Waals surface area contributed by atoms with Crippen molar-refractivity contribution < 1.29 is 9.13 Å². The van der Waals surface area contributed by atoms with Crippen molar-refractivity contribution in [2.24, 2.45) is 0 Å². The fourth-order valence-corrected chi connectivity index (χ4v) is 5.02. The average molecular weight is 391 g/mol. The molecule has 5 rings (SSSR count). The van der Waals surface area contributed by atoms with Gasteiger partial charge >= 0.3 is 0 Å². The maximum atomic E-state index is 13.6. The zero-order valence-electron chi connectivity index (χ0n) is 16.9. The van der Waals surface area contributed by atoms with Gasteiger partial charge in [-0.2, -0.15) is 0 Å². The van der Waals surface area contributed by atoms with Crippen LogP contribution in [0.1, 0.15) is 36.1 Å². The highest BCUT2D eigenvalue weighted by Gasteiger charge is 2.45. The SMILES string of the molecule is C=C1c2cc(F)ccc2OC12CCN(CCCc1c(C)[nH]c3ccccc13)CC2. The number of piperidine rings is 1. The Morgan fingerprint density at radius 2 is 1.97 bits per heavy atom. The van der Waals surface area contributed by atoms with E-state index in [2.05, 4.69) is 47.7 Å². The average Bonchev–Trinajstić information content (AvgIpc) is 3.18. The molecule has 2 aliphatic rings. The Bertz CT molecular complexity index is 1080. The molecule has 0 radical (unpaired) electrons. The maximum absolute atomic E-state index is 13.6. The van der Waals surface area contributed by atoms with E-state index in [-0.39, 0.29) is 11.4 Å². The Kier molecular flexibility index (Phi) is 4.47. The summed E-state index contributed by atoms with van der Waals surface area (Å²) in [5, 5.41) is 1.35. The van der Waals surface area contributed by atoms with Gasteiger partial charge in [-0.25, -0.2) is 4.39 Å². The summed E-state index contributed by atoms with van der Waals surface area (Å²) < 4.78 is 19.9. The highest BCUT2D eigenvalue weighted by molar-refractivity contribution is 5.84. The molecule has 150 valence electrons. The van der Waals surface area contributed by atoms with Crippen LogP contribution in [-0.4, -0.2) is 35.1 Å². The van der Waals surface area contributed by atoms with E-state index in [1.54, 1.807) is 12.1 Å². The van der Waals surface area contributed by atoms with Gasteiger partial charge in [0.1, 0.15) is 17.2 Å². The van der Waals surface area contributed by atoms with Crippen LogP contribution in [0.2, 0.25) is 0 Å². The van der Waals surface area contributed by atoms with E-state index in [1.807, 2.05) is 0 Å². The molecule has 1 N–H and O–H groups in total. The van der Waals surface area contributed by atoms with Crippen LogP contribution in [0.3, 0.4) is 0 Å². The molecule has 0 unspecified atom stereocenters. The number of para-hydroxylation sites is 1. The largest absolute Gasteiger partial charge is 0.482 e. The first-order valence-electron chi connectivity index (χ1n) is 10.5. The molecule has 3 aromatic rings. The summed E-state index contributed by atoms with van der Waals surface area (Å²) in [6.45, 7) is 9.49. The number of nitrogens with zero attached hydrogens (tertiary/aromatic N) is 1. The van der Waals surface area contributed by atoms with E-state index in [0.717, 1.165) is 62.2 Å². The second kappa shape index (κ2) is 7.03. The lowest BCUT2D eigenvalue weighted by Gasteiger charge is -2.39. The highest BCUT2D eigenvalue weighted by atomic mass is 19.1. The van der Waals surface area contributed by atoms with Gasteiger partial charge < -0.3 is 14.6 Å². The Morgan fingerprint density at radius 1 is 1.17 bits per heavy atom. The van der Waals surface area contributed by atoms with Crippen LogP contribution in [-0.2, 0) is 6.42 Å². The van der Waals surface area contributed by atoms with Crippen LogP contribution < -0.4 is 4.74 Å². The first-order valence-corrected chi connectivity index (χ1v) is 10.5. The van der Waals surface area contributed by atoms with Gasteiger partial charge in [0.05, 0.1) is 0 Å². The Hall–Kier alpha value is -2.59. The fraction of sp³-hybridized carbons (Fsp3) is 0.360. The molecule has 4 heteroatoms. The molecule has 0 bridgehead atoms. The molecule has 0 saturated carbocycles. The number of hydrogen-bond acceptors (Lipinski definition) is 2. The number of rotatable bonds is 4. The zero-order chi connectivity index (χ0) is 20.0. The summed E-state index contributed by atoms with van der Waals surface area (Å²) in [5.41, 5.74) is 5.39. The predicted molar refractivity (Wildman–Crippen MR) is 116 cm³/mol. The molecule has 2 aromatic carbocycles. The molecule has 1 spiro atoms. The van der Waals surface area contributed by atoms with Crippen LogP contribution in [0.25, 0.3) is 16.5 Å². The Labute approximate surface area is 171 Å². The van der Waals surface area contributed by atoms with Gasteiger partial charge in [0.15, 0.2) is 0 Å². The van der Waals surface area contributed by atoms with Crippen LogP contribution in [0.4, 0.5) is 4.39 Å². The number of likely N-dealkylation sites (tertiary alicyclic amines) is 1. The summed E-state index contributed by atoms with van der Waals surface area (Å²) >= 11 is 0. The van der Waals surface area contributed by atoms with Gasteiger partial charge in [-0.15, -0.1) is 0 Å². The first-order chi connectivity index (χ1) is 14.1. The molecule has 0 atom stereocenters. The molecule has 2 aliphatic heterocycles. The van der Waals surface area contributed by atoms with Crippen molar-refractivity contribution in [3.63, 3.8) is 0 Å². The van der Waals surface area contributed by atoms with Crippen molar-refractivity contribution in [2.75, 3.05) is 19.6 Å². The smallest absolute Gasteiger partial charge is 0.137 e. The minimum Gasteiger partial charge on any atom is -0.482 e. The van der Waals surface area contributed by atoms with Crippen molar-refractivity contribution in [3.05, 3.63) is 71.7 Å². The van der Waals surface area contributed by atoms with Crippen LogP contribution in [0.5, 0.6) is 5.75 Å². The summed E-state index contributed by atoms with van der Waals surface area (Å²) in [6.07, 6.45) is 4.05. The third-order valence-electron chi connectivity index (χ3n) is 6.71. The number of ether oxygens (including phenoxy) is 1. The number of H-pyrrole nitrogens is 1. The summed E-state index contributed by atoms with van der Waals surface area (Å²) in [4.78, 5) is 6.02. The van der Waals surface area contributed by atoms with Crippen molar-refractivity contribution in [1.29, 1.82) is 0 Å². The number of benzene rings is 2. The maximum Gasteiger partial charge on any atom is 0.137 e. The molecule has 1 saturated heterocycles. The van der Waals surface area contributed by atoms with E-state index in [0.29, 0.717) is 0 Å². The molecule has 1 fully saturated rings. The van der Waals surface area contributed by atoms with E-state index in [9.17, 15) is 4.39 Å². The van der Waals surface area contributed by atoms with Crippen molar-refractivity contribution in [3.8, 4) is 5.75 Å². The standard InChI is InChI=1S/C25H27FN2O/c1-17-22-16-19(26)9-10-24(22)29-25(17)11-14-28(15-12-25)13-5-7-20-18(2)27-23-8-4-3-6-21(20)23/h3-4,6,8-10,16,27H,1,5,7,11-15H2,2H3. The number of aryl methyl sites for hydroxylation is 2. The summed E-state index contributed by atoms with van der Waals surface area (Å²) in [6, 6.07) is 13.3. The summed E-state index contributed by atoms with van der Waals surface area (Å²) in [5.74, 6) is 0.551. The number of hydrogen-bond donors (Lipinski definition) is 1. The number of nitrogens with one attached hydrogen (secondary N) is 1. The van der Waals surface area contributed by atoms with Crippen LogP contribution in [0.15, 0.2) is 49.0 Å². The van der Waals surface area contributed by atoms with E-state index in [4.69, 9.17) is 4.74 Å². The molecular formula is C25H27FN2O. The number of aromatic nitrogens is 1. The van der Waals surface area contributed by atoms with Crippen LogP contribution >= 0.6 is 0 Å². The Balaban J connectivity index is 1.19. The van der Waals surface area contributed by atoms with Crippen molar-refractivity contribution >= 4 is 16.5 Å². The molecular weight excluding hydrogens is 363 g/mol. The fourth-order valence-electron chi connectivity index (χ4n) is 5.02. The van der Waals surface area contributed by atoms with Gasteiger partial charge in [0, 0.05) is 48.1 Å². The minimum absolute atomic E-state index is 0.226. The molecule has 29 heavy (non-hydrogen) atoms. The van der Waals surface area contributed by atoms with Gasteiger partial charge in [-0.05, 0) is 61.7 Å². The molecule has 0 amide bonds. The second-order valence-corrected chi connectivity index (χ2v) is 8.43. The number of aromatic amines is 1. The first kappa shape index (κ1) is 18.4. The van der Waals surface area contributed by atoms with E-state index >= 15 is 0 Å². The van der Waals surface area contributed by atoms with Gasteiger partial charge in [0.25, 0.3) is 0 Å². The lowest BCUT2D eigenvalue weighted by molar-refractivity contribution is 0.0583. The topological polar surface area (TPSA) is 28.3 Å². The quantitative estimate of drug-likeness (QED) is 0.638. The van der Waals surface area contributed by atoms with E-state index in [1.165, 1.54) is 28.2 Å². The number of fused-ring (bicyclic) bond motifs is 2. The molecule has 0 aliphatic carbocycles.